The predicted octanol–water partition coefficient (Wildman–Crippen LogP) is 3.92. The fourth-order valence-corrected chi connectivity index (χ4v) is 2.41. The fourth-order valence-electron chi connectivity index (χ4n) is 2.41. The van der Waals surface area contributed by atoms with Gasteiger partial charge in [-0.25, -0.2) is 4.39 Å². The van der Waals surface area contributed by atoms with Gasteiger partial charge < -0.3 is 10.6 Å². The summed E-state index contributed by atoms with van der Waals surface area (Å²) in [6.45, 7) is 5.50. The molecule has 0 radical (unpaired) electrons. The summed E-state index contributed by atoms with van der Waals surface area (Å²) < 4.78 is 13.7. The molecule has 0 aliphatic heterocycles. The van der Waals surface area contributed by atoms with E-state index in [0.717, 1.165) is 6.42 Å². The zero-order valence-electron chi connectivity index (χ0n) is 14.7. The second-order valence-electron chi connectivity index (χ2n) is 6.16. The lowest BCUT2D eigenvalue weighted by atomic mass is 9.97. The van der Waals surface area contributed by atoms with E-state index in [0.29, 0.717) is 16.8 Å². The predicted molar refractivity (Wildman–Crippen MR) is 96.9 cm³/mol. The Labute approximate surface area is 147 Å². The highest BCUT2D eigenvalue weighted by Crippen LogP contribution is 2.16. The molecule has 0 heterocycles. The van der Waals surface area contributed by atoms with Crippen molar-refractivity contribution in [2.24, 2.45) is 5.92 Å². The molecule has 2 aromatic carbocycles. The van der Waals surface area contributed by atoms with Crippen molar-refractivity contribution in [1.82, 2.24) is 5.32 Å². The van der Waals surface area contributed by atoms with Crippen LogP contribution in [0.15, 0.2) is 48.5 Å². The average molecular weight is 342 g/mol. The maximum absolute atomic E-state index is 13.7. The number of halogens is 1. The van der Waals surface area contributed by atoms with E-state index in [1.54, 1.807) is 43.3 Å². The lowest BCUT2D eigenvalue weighted by Crippen LogP contribution is -2.47. The van der Waals surface area contributed by atoms with Crippen LogP contribution in [0.1, 0.15) is 36.2 Å². The van der Waals surface area contributed by atoms with Crippen LogP contribution in [-0.4, -0.2) is 17.9 Å². The van der Waals surface area contributed by atoms with Gasteiger partial charge in [0.25, 0.3) is 5.91 Å². The molecular weight excluding hydrogens is 319 g/mol. The third-order valence-electron chi connectivity index (χ3n) is 4.26. The van der Waals surface area contributed by atoms with Crippen LogP contribution in [0.5, 0.6) is 0 Å². The standard InChI is InChI=1S/C20H23FN2O2/c1-4-13(2)18(23-19(24)15-8-6-5-7-9-15)20(25)22-16-11-10-14(3)17(21)12-16/h5-13,18H,4H2,1-3H3,(H,22,25)(H,23,24). The van der Waals surface area contributed by atoms with Crippen LogP contribution in [0.4, 0.5) is 10.1 Å². The first-order chi connectivity index (χ1) is 11.9. The molecule has 0 aliphatic carbocycles. The summed E-state index contributed by atoms with van der Waals surface area (Å²) in [5.41, 5.74) is 1.37. The second-order valence-corrected chi connectivity index (χ2v) is 6.16. The van der Waals surface area contributed by atoms with Crippen LogP contribution in [-0.2, 0) is 4.79 Å². The Morgan fingerprint density at radius 3 is 2.40 bits per heavy atom. The Bertz CT molecular complexity index is 747. The Kier molecular flexibility index (Phi) is 6.28. The number of anilines is 1. The van der Waals surface area contributed by atoms with Gasteiger partial charge in [-0.2, -0.15) is 0 Å². The number of carbonyl (C=O) groups is 2. The van der Waals surface area contributed by atoms with Crippen molar-refractivity contribution in [3.63, 3.8) is 0 Å². The molecule has 2 N–H and O–H groups in total. The molecule has 4 nitrogen and oxygen atoms in total. The minimum Gasteiger partial charge on any atom is -0.340 e. The molecule has 0 aliphatic rings. The molecule has 2 rings (SSSR count). The van der Waals surface area contributed by atoms with Gasteiger partial charge in [-0.1, -0.05) is 44.5 Å². The van der Waals surface area contributed by atoms with Gasteiger partial charge in [0.15, 0.2) is 0 Å². The quantitative estimate of drug-likeness (QED) is 0.836. The molecule has 2 amide bonds. The molecular formula is C20H23FN2O2. The van der Waals surface area contributed by atoms with Crippen molar-refractivity contribution in [2.75, 3.05) is 5.32 Å². The van der Waals surface area contributed by atoms with Crippen LogP contribution >= 0.6 is 0 Å². The normalized spacial score (nSPS) is 13.0. The number of hydrogen-bond donors (Lipinski definition) is 2. The summed E-state index contributed by atoms with van der Waals surface area (Å²) in [7, 11) is 0. The molecule has 2 unspecified atom stereocenters. The first kappa shape index (κ1) is 18.6. The third-order valence-corrected chi connectivity index (χ3v) is 4.26. The molecule has 0 spiro atoms. The highest BCUT2D eigenvalue weighted by Gasteiger charge is 2.26. The average Bonchev–Trinajstić information content (AvgIpc) is 2.62. The smallest absolute Gasteiger partial charge is 0.251 e. The van der Waals surface area contributed by atoms with Gasteiger partial charge in [0.1, 0.15) is 11.9 Å². The summed E-state index contributed by atoms with van der Waals surface area (Å²) in [5, 5.41) is 5.47. The number of rotatable bonds is 6. The molecule has 132 valence electrons. The van der Waals surface area contributed by atoms with E-state index in [-0.39, 0.29) is 23.5 Å². The van der Waals surface area contributed by atoms with Gasteiger partial charge in [-0.05, 0) is 42.7 Å². The number of nitrogens with one attached hydrogen (secondary N) is 2. The SMILES string of the molecule is CCC(C)C(NC(=O)c1ccccc1)C(=O)Nc1ccc(C)c(F)c1. The topological polar surface area (TPSA) is 58.2 Å². The van der Waals surface area contributed by atoms with E-state index in [1.165, 1.54) is 6.07 Å². The summed E-state index contributed by atoms with van der Waals surface area (Å²) in [5.74, 6) is -1.12. The number of carbonyl (C=O) groups excluding carboxylic acids is 2. The maximum Gasteiger partial charge on any atom is 0.251 e. The van der Waals surface area contributed by atoms with E-state index < -0.39 is 6.04 Å². The van der Waals surface area contributed by atoms with Crippen LogP contribution in [0, 0.1) is 18.7 Å². The Morgan fingerprint density at radius 1 is 1.12 bits per heavy atom. The van der Waals surface area contributed by atoms with Crippen LogP contribution in [0.3, 0.4) is 0 Å². The largest absolute Gasteiger partial charge is 0.340 e. The van der Waals surface area contributed by atoms with Crippen molar-refractivity contribution in [2.45, 2.75) is 33.2 Å². The Hall–Kier alpha value is -2.69. The van der Waals surface area contributed by atoms with Gasteiger partial charge >= 0.3 is 0 Å². The molecule has 0 saturated heterocycles. The van der Waals surface area contributed by atoms with Gasteiger partial charge in [-0.3, -0.25) is 9.59 Å². The van der Waals surface area contributed by atoms with Crippen LogP contribution < -0.4 is 10.6 Å². The summed E-state index contributed by atoms with van der Waals surface area (Å²) >= 11 is 0. The van der Waals surface area contributed by atoms with Crippen molar-refractivity contribution >= 4 is 17.5 Å². The molecule has 0 bridgehead atoms. The lowest BCUT2D eigenvalue weighted by molar-refractivity contribution is -0.119. The highest BCUT2D eigenvalue weighted by atomic mass is 19.1. The Balaban J connectivity index is 2.14. The number of hydrogen-bond acceptors (Lipinski definition) is 2. The van der Waals surface area contributed by atoms with E-state index >= 15 is 0 Å². The van der Waals surface area contributed by atoms with E-state index in [2.05, 4.69) is 10.6 Å². The van der Waals surface area contributed by atoms with Gasteiger partial charge in [0.2, 0.25) is 5.91 Å². The molecule has 2 atom stereocenters. The molecule has 25 heavy (non-hydrogen) atoms. The Morgan fingerprint density at radius 2 is 1.80 bits per heavy atom. The fraction of sp³-hybridized carbons (Fsp3) is 0.300. The minimum absolute atomic E-state index is 0.0667. The maximum atomic E-state index is 13.7. The summed E-state index contributed by atoms with van der Waals surface area (Å²) in [6.07, 6.45) is 0.718. The minimum atomic E-state index is -0.706. The highest BCUT2D eigenvalue weighted by molar-refractivity contribution is 6.01. The molecule has 0 saturated carbocycles. The molecule has 5 heteroatoms. The first-order valence-electron chi connectivity index (χ1n) is 8.35. The number of aryl methyl sites for hydroxylation is 1. The van der Waals surface area contributed by atoms with Gasteiger partial charge in [-0.15, -0.1) is 0 Å². The number of benzene rings is 2. The van der Waals surface area contributed by atoms with Crippen LogP contribution in [0.25, 0.3) is 0 Å². The zero-order chi connectivity index (χ0) is 18.4. The van der Waals surface area contributed by atoms with Crippen molar-refractivity contribution < 1.29 is 14.0 Å². The van der Waals surface area contributed by atoms with Crippen molar-refractivity contribution in [1.29, 1.82) is 0 Å². The zero-order valence-corrected chi connectivity index (χ0v) is 14.7. The molecule has 0 aromatic heterocycles. The van der Waals surface area contributed by atoms with Crippen molar-refractivity contribution in [3.8, 4) is 0 Å². The molecule has 2 aromatic rings. The summed E-state index contributed by atoms with van der Waals surface area (Å²) in [4.78, 5) is 25.0. The van der Waals surface area contributed by atoms with E-state index in [1.807, 2.05) is 19.9 Å². The molecule has 0 fully saturated rings. The first-order valence-corrected chi connectivity index (χ1v) is 8.35. The lowest BCUT2D eigenvalue weighted by Gasteiger charge is -2.23. The van der Waals surface area contributed by atoms with E-state index in [4.69, 9.17) is 0 Å². The second kappa shape index (κ2) is 8.42. The van der Waals surface area contributed by atoms with Crippen LogP contribution in [0.2, 0.25) is 0 Å². The third kappa shape index (κ3) is 4.89. The van der Waals surface area contributed by atoms with E-state index in [9.17, 15) is 14.0 Å². The van der Waals surface area contributed by atoms with Gasteiger partial charge in [0, 0.05) is 11.3 Å². The monoisotopic (exact) mass is 342 g/mol. The van der Waals surface area contributed by atoms with Crippen molar-refractivity contribution in [3.05, 3.63) is 65.5 Å². The van der Waals surface area contributed by atoms with Gasteiger partial charge in [0.05, 0.1) is 0 Å². The summed E-state index contributed by atoms with van der Waals surface area (Å²) in [6, 6.07) is 12.6. The number of amides is 2.